The van der Waals surface area contributed by atoms with E-state index >= 15 is 0 Å². The molecule has 0 spiro atoms. The summed E-state index contributed by atoms with van der Waals surface area (Å²) in [6, 6.07) is 6.52. The molecule has 26 heavy (non-hydrogen) atoms. The van der Waals surface area contributed by atoms with E-state index in [4.69, 9.17) is 0 Å². The van der Waals surface area contributed by atoms with E-state index in [1.807, 2.05) is 4.72 Å². The molecule has 2 aromatic carbocycles. The first kappa shape index (κ1) is 18.2. The number of sulfonamides is 1. The van der Waals surface area contributed by atoms with E-state index in [0.717, 1.165) is 18.9 Å². The summed E-state index contributed by atoms with van der Waals surface area (Å²) in [5, 5.41) is 0. The Morgan fingerprint density at radius 2 is 1.54 bits per heavy atom. The molecule has 1 N–H and O–H groups in total. The Bertz CT molecular complexity index is 940. The zero-order valence-corrected chi connectivity index (χ0v) is 14.3. The third kappa shape index (κ3) is 3.52. The molecule has 0 saturated carbocycles. The molecule has 3 rings (SSSR count). The van der Waals surface area contributed by atoms with E-state index in [9.17, 15) is 26.4 Å². The van der Waals surface area contributed by atoms with Crippen LogP contribution >= 0.6 is 0 Å². The number of benzene rings is 2. The average molecular weight is 384 g/mol. The summed E-state index contributed by atoms with van der Waals surface area (Å²) in [6.45, 7) is 1.33. The van der Waals surface area contributed by atoms with Crippen LogP contribution in [0.25, 0.3) is 0 Å². The van der Waals surface area contributed by atoms with Gasteiger partial charge in [-0.2, -0.15) is 0 Å². The average Bonchev–Trinajstić information content (AvgIpc) is 3.16. The number of halogens is 3. The SMILES string of the molecule is O=C(c1ccc(S(=O)(=O)Nc2ccc(F)c(F)c2F)cc1)N1CCCC1. The summed E-state index contributed by atoms with van der Waals surface area (Å²) in [4.78, 5) is 13.7. The van der Waals surface area contributed by atoms with Gasteiger partial charge in [-0.25, -0.2) is 21.6 Å². The minimum Gasteiger partial charge on any atom is -0.339 e. The predicted octanol–water partition coefficient (Wildman–Crippen LogP) is 3.14. The second-order valence-corrected chi connectivity index (χ2v) is 7.53. The Morgan fingerprint density at radius 3 is 2.15 bits per heavy atom. The van der Waals surface area contributed by atoms with Crippen LogP contribution in [0.3, 0.4) is 0 Å². The van der Waals surface area contributed by atoms with Gasteiger partial charge >= 0.3 is 0 Å². The maximum absolute atomic E-state index is 13.7. The van der Waals surface area contributed by atoms with Gasteiger partial charge in [0.15, 0.2) is 17.5 Å². The van der Waals surface area contributed by atoms with Crippen LogP contribution in [0, 0.1) is 17.5 Å². The summed E-state index contributed by atoms with van der Waals surface area (Å²) in [6.07, 6.45) is 1.86. The Kier molecular flexibility index (Phi) is 4.90. The highest BCUT2D eigenvalue weighted by molar-refractivity contribution is 7.92. The van der Waals surface area contributed by atoms with Gasteiger partial charge < -0.3 is 4.90 Å². The number of likely N-dealkylation sites (tertiary alicyclic amines) is 1. The van der Waals surface area contributed by atoms with Crippen molar-refractivity contribution >= 4 is 21.6 Å². The second-order valence-electron chi connectivity index (χ2n) is 5.85. The van der Waals surface area contributed by atoms with Crippen molar-refractivity contribution in [1.82, 2.24) is 4.90 Å². The number of hydrogen-bond acceptors (Lipinski definition) is 3. The highest BCUT2D eigenvalue weighted by atomic mass is 32.2. The molecule has 9 heteroatoms. The molecule has 0 unspecified atom stereocenters. The van der Waals surface area contributed by atoms with Gasteiger partial charge in [0.2, 0.25) is 0 Å². The van der Waals surface area contributed by atoms with Crippen LogP contribution in [-0.2, 0) is 10.0 Å². The molecule has 0 aliphatic carbocycles. The van der Waals surface area contributed by atoms with Gasteiger partial charge in [0.05, 0.1) is 10.6 Å². The van der Waals surface area contributed by atoms with Crippen LogP contribution in [0.1, 0.15) is 23.2 Å². The van der Waals surface area contributed by atoms with Crippen molar-refractivity contribution in [2.24, 2.45) is 0 Å². The Hall–Kier alpha value is -2.55. The zero-order valence-electron chi connectivity index (χ0n) is 13.5. The van der Waals surface area contributed by atoms with E-state index in [-0.39, 0.29) is 10.8 Å². The molecule has 0 aromatic heterocycles. The lowest BCUT2D eigenvalue weighted by atomic mass is 10.2. The van der Waals surface area contributed by atoms with Gasteiger partial charge in [0.25, 0.3) is 15.9 Å². The molecule has 1 saturated heterocycles. The standard InChI is InChI=1S/C17H15F3N2O3S/c18-13-7-8-14(16(20)15(13)19)21-26(24,25)12-5-3-11(4-6-12)17(23)22-9-1-2-10-22/h3-8,21H,1-2,9-10H2. The molecule has 0 bridgehead atoms. The van der Waals surface area contributed by atoms with Crippen LogP contribution < -0.4 is 4.72 Å². The van der Waals surface area contributed by atoms with Crippen molar-refractivity contribution in [3.05, 3.63) is 59.4 Å². The minimum absolute atomic E-state index is 0.189. The lowest BCUT2D eigenvalue weighted by Crippen LogP contribution is -2.27. The van der Waals surface area contributed by atoms with Gasteiger partial charge in [0.1, 0.15) is 0 Å². The largest absolute Gasteiger partial charge is 0.339 e. The lowest BCUT2D eigenvalue weighted by Gasteiger charge is -2.15. The van der Waals surface area contributed by atoms with E-state index in [1.54, 1.807) is 4.90 Å². The third-order valence-electron chi connectivity index (χ3n) is 4.08. The van der Waals surface area contributed by atoms with Crippen molar-refractivity contribution in [2.45, 2.75) is 17.7 Å². The van der Waals surface area contributed by atoms with Crippen molar-refractivity contribution in [2.75, 3.05) is 17.8 Å². The maximum atomic E-state index is 13.7. The van der Waals surface area contributed by atoms with Crippen LogP contribution in [0.2, 0.25) is 0 Å². The van der Waals surface area contributed by atoms with Crippen LogP contribution in [0.15, 0.2) is 41.3 Å². The van der Waals surface area contributed by atoms with Crippen molar-refractivity contribution in [1.29, 1.82) is 0 Å². The topological polar surface area (TPSA) is 66.5 Å². The maximum Gasteiger partial charge on any atom is 0.261 e. The molecule has 0 radical (unpaired) electrons. The van der Waals surface area contributed by atoms with Crippen molar-refractivity contribution in [3.63, 3.8) is 0 Å². The van der Waals surface area contributed by atoms with E-state index < -0.39 is 33.2 Å². The van der Waals surface area contributed by atoms with E-state index in [2.05, 4.69) is 0 Å². The first-order valence-corrected chi connectivity index (χ1v) is 9.33. The van der Waals surface area contributed by atoms with Gasteiger partial charge in [-0.3, -0.25) is 9.52 Å². The minimum atomic E-state index is -4.23. The van der Waals surface area contributed by atoms with Gasteiger partial charge in [-0.05, 0) is 49.2 Å². The molecule has 1 fully saturated rings. The highest BCUT2D eigenvalue weighted by Gasteiger charge is 2.22. The molecular formula is C17H15F3N2O3S. The molecule has 1 amide bonds. The molecule has 1 aliphatic heterocycles. The predicted molar refractivity (Wildman–Crippen MR) is 88.7 cm³/mol. The van der Waals surface area contributed by atoms with Gasteiger partial charge in [-0.15, -0.1) is 0 Å². The third-order valence-corrected chi connectivity index (χ3v) is 5.47. The number of carbonyl (C=O) groups excluding carboxylic acids is 1. The quantitative estimate of drug-likeness (QED) is 0.824. The fourth-order valence-electron chi connectivity index (χ4n) is 2.69. The number of rotatable bonds is 4. The fourth-order valence-corrected chi connectivity index (χ4v) is 3.75. The first-order chi connectivity index (χ1) is 12.3. The summed E-state index contributed by atoms with van der Waals surface area (Å²) in [7, 11) is -4.23. The number of anilines is 1. The Balaban J connectivity index is 1.81. The lowest BCUT2D eigenvalue weighted by molar-refractivity contribution is 0.0792. The zero-order chi connectivity index (χ0) is 18.9. The Labute approximate surface area is 148 Å². The second kappa shape index (κ2) is 6.99. The smallest absolute Gasteiger partial charge is 0.261 e. The number of nitrogens with zero attached hydrogens (tertiary/aromatic N) is 1. The van der Waals surface area contributed by atoms with Crippen molar-refractivity contribution < 1.29 is 26.4 Å². The number of hydrogen-bond donors (Lipinski definition) is 1. The van der Waals surface area contributed by atoms with Gasteiger partial charge in [-0.1, -0.05) is 0 Å². The van der Waals surface area contributed by atoms with Crippen LogP contribution in [-0.4, -0.2) is 32.3 Å². The molecule has 1 aliphatic rings. The normalized spacial score (nSPS) is 14.5. The van der Waals surface area contributed by atoms with E-state index in [1.165, 1.54) is 24.3 Å². The van der Waals surface area contributed by atoms with Gasteiger partial charge in [0, 0.05) is 18.7 Å². The molecule has 1 heterocycles. The number of carbonyl (C=O) groups is 1. The van der Waals surface area contributed by atoms with Crippen molar-refractivity contribution in [3.8, 4) is 0 Å². The molecule has 0 atom stereocenters. The summed E-state index contributed by atoms with van der Waals surface area (Å²) in [5.74, 6) is -5.01. The fraction of sp³-hybridized carbons (Fsp3) is 0.235. The van der Waals surface area contributed by atoms with Crippen LogP contribution in [0.5, 0.6) is 0 Å². The Morgan fingerprint density at radius 1 is 0.923 bits per heavy atom. The molecule has 2 aromatic rings. The summed E-state index contributed by atoms with van der Waals surface area (Å²) < 4.78 is 66.3. The highest BCUT2D eigenvalue weighted by Crippen LogP contribution is 2.23. The monoisotopic (exact) mass is 384 g/mol. The summed E-state index contributed by atoms with van der Waals surface area (Å²) in [5.41, 5.74) is -0.369. The summed E-state index contributed by atoms with van der Waals surface area (Å²) >= 11 is 0. The first-order valence-electron chi connectivity index (χ1n) is 7.85. The number of amides is 1. The molecule has 138 valence electrons. The van der Waals surface area contributed by atoms with Crippen LogP contribution in [0.4, 0.5) is 18.9 Å². The van der Waals surface area contributed by atoms with E-state index in [0.29, 0.717) is 24.7 Å². The molecule has 5 nitrogen and oxygen atoms in total. The number of nitrogens with one attached hydrogen (secondary N) is 1. The molecular weight excluding hydrogens is 369 g/mol.